The average molecular weight is 1960 g/mol. The predicted octanol–water partition coefficient (Wildman–Crippen LogP) is 26.8. The third-order valence-corrected chi connectivity index (χ3v) is 24.7. The number of carboxylic acids is 4. The van der Waals surface area contributed by atoms with Crippen LogP contribution in [0.3, 0.4) is 0 Å². The van der Waals surface area contributed by atoms with Gasteiger partial charge in [0.2, 0.25) is 0 Å². The van der Waals surface area contributed by atoms with Gasteiger partial charge in [-0.25, -0.2) is 0 Å². The molecule has 146 heavy (non-hydrogen) atoms. The number of benzene rings is 12. The van der Waals surface area contributed by atoms with Gasteiger partial charge < -0.3 is 67.8 Å². The number of furan rings is 2. The molecule has 0 atom stereocenters. The van der Waals surface area contributed by atoms with Crippen LogP contribution in [-0.2, 0) is 45.3 Å². The first-order valence-electron chi connectivity index (χ1n) is 52.8. The van der Waals surface area contributed by atoms with Crippen LogP contribution in [0.2, 0.25) is 0 Å². The number of nitrogens with zero attached hydrogens (tertiary/aromatic N) is 4. The molecule has 14 aromatic rings. The number of carboxylic acid groups (broad SMARTS) is 4. The van der Waals surface area contributed by atoms with Crippen LogP contribution in [0.5, 0.6) is 23.0 Å². The highest BCUT2D eigenvalue weighted by molar-refractivity contribution is 5.98. The highest BCUT2D eigenvalue weighted by Gasteiger charge is 2.38. The summed E-state index contributed by atoms with van der Waals surface area (Å²) < 4.78 is 88.3. The fourth-order valence-electron chi connectivity index (χ4n) is 16.5. The number of para-hydroxylation sites is 4. The topological polar surface area (TPSA) is 294 Å². The van der Waals surface area contributed by atoms with Crippen molar-refractivity contribution in [3.63, 3.8) is 0 Å². The van der Waals surface area contributed by atoms with Crippen molar-refractivity contribution in [1.29, 1.82) is 0 Å². The normalized spacial score (nSPS) is 14.1. The second kappa shape index (κ2) is 53.7. The van der Waals surface area contributed by atoms with Crippen molar-refractivity contribution in [2.24, 2.45) is 0 Å². The third-order valence-electron chi connectivity index (χ3n) is 24.7. The van der Waals surface area contributed by atoms with E-state index in [2.05, 4.69) is 48.5 Å². The fraction of sp³-hybridized carbons (Fsp3) is 0.258. The van der Waals surface area contributed by atoms with Crippen molar-refractivity contribution in [3.8, 4) is 90.2 Å². The lowest BCUT2D eigenvalue weighted by molar-refractivity contribution is -0.138. The van der Waals surface area contributed by atoms with E-state index in [1.807, 2.05) is 176 Å². The summed E-state index contributed by atoms with van der Waals surface area (Å²) in [4.78, 5) is 103. The molecule has 4 fully saturated rings. The van der Waals surface area contributed by atoms with Gasteiger partial charge in [-0.3, -0.25) is 38.4 Å². The molecule has 4 amide bonds. The molecule has 0 spiro atoms. The summed E-state index contributed by atoms with van der Waals surface area (Å²) >= 11 is 0. The smallest absolute Gasteiger partial charge is 0.307 e. The van der Waals surface area contributed by atoms with E-state index in [4.69, 9.17) is 56.4 Å². The van der Waals surface area contributed by atoms with Gasteiger partial charge in [0.15, 0.2) is 0 Å². The molecule has 4 aliphatic rings. The molecular weight excluding hydrogens is 1830 g/mol. The van der Waals surface area contributed by atoms with E-state index in [9.17, 15) is 38.4 Å². The van der Waals surface area contributed by atoms with Gasteiger partial charge in [-0.15, -0.1) is 0 Å². The Morgan fingerprint density at radius 2 is 0.575 bits per heavy atom. The average Bonchev–Trinajstić information content (AvgIpc) is 1.58. The second-order valence-electron chi connectivity index (χ2n) is 35.8. The first-order chi connectivity index (χ1) is 73.6. The lowest BCUT2D eigenvalue weighted by Gasteiger charge is -2.24. The van der Waals surface area contributed by atoms with Crippen molar-refractivity contribution in [2.45, 2.75) is 179 Å². The molecule has 4 saturated carbocycles. The maximum absolute atomic E-state index is 13.9. The zero-order valence-electron chi connectivity index (χ0n) is 87.5. The van der Waals surface area contributed by atoms with Gasteiger partial charge >= 0.3 is 23.9 Å². The summed E-state index contributed by atoms with van der Waals surface area (Å²) in [6, 6.07) is 100. The van der Waals surface area contributed by atoms with Crippen LogP contribution in [-0.4, -0.2) is 138 Å². The van der Waals surface area contributed by atoms with Gasteiger partial charge in [0.05, 0.1) is 60.0 Å². The number of aliphatic carboxylic acids is 4. The Hall–Kier alpha value is -16.4. The van der Waals surface area contributed by atoms with Crippen LogP contribution >= 0.6 is 0 Å². The number of hydrogen-bond acceptors (Lipinski definition) is 14. The lowest BCUT2D eigenvalue weighted by Crippen LogP contribution is -2.32. The minimum Gasteiger partial charge on any atom is -0.493 e. The van der Waals surface area contributed by atoms with Crippen molar-refractivity contribution in [3.05, 3.63) is 409 Å². The maximum Gasteiger partial charge on any atom is 0.307 e. The molecule has 2 aromatic heterocycles. The standard InChI is InChI=1S/2C35H35NO4.2C27H27NO5/c2*37-34(38)17-5-2-10-24-40-33-16-9-6-13-29(33)25-36(30-22-23-30)35(39)28-20-18-27(19-21-28)32-15-8-7-14-31(32)26-11-3-1-4-12-26;2*29-26(30)10-2-1-5-17-32-25-8-4-3-7-22(25)19-28(23-15-16-23)27(31)21-13-11-20(12-14-21)24-9-6-18-33-24/h2*1,3-4,6-9,11-16,18-21,30H,2,5,10,17,22-25H2,(H,37,38);2*1-4,6-9,11-14,18,23H,5,10,15-17,19H2,(H,29,30)/b;;2*2-1+/i30D;25D2;23D;19D2. The summed E-state index contributed by atoms with van der Waals surface area (Å²) in [5, 5.41) is 35.0. The number of amides is 4. The number of unbranched alkanes of at least 4 members (excludes halogenated alkanes) is 4. The molecule has 0 aliphatic heterocycles. The summed E-state index contributed by atoms with van der Waals surface area (Å²) in [6.07, 6.45) is 20.8. The number of rotatable bonds is 48. The molecule has 18 rings (SSSR count). The third kappa shape index (κ3) is 31.3. The Balaban J connectivity index is 0.000000152. The van der Waals surface area contributed by atoms with Crippen molar-refractivity contribution < 1.29 is 94.8 Å². The van der Waals surface area contributed by atoms with Crippen molar-refractivity contribution in [1.82, 2.24) is 19.6 Å². The zero-order chi connectivity index (χ0) is 107. The highest BCUT2D eigenvalue weighted by Crippen LogP contribution is 2.41. The molecule has 0 radical (unpaired) electrons. The van der Waals surface area contributed by atoms with Crippen LogP contribution in [0.1, 0.15) is 200 Å². The molecule has 4 N–H and O–H groups in total. The summed E-state index contributed by atoms with van der Waals surface area (Å²) in [7, 11) is 0. The van der Waals surface area contributed by atoms with Gasteiger partial charge in [0.1, 0.15) is 34.5 Å². The van der Waals surface area contributed by atoms with Crippen LogP contribution in [0, 0.1) is 0 Å². The summed E-state index contributed by atoms with van der Waals surface area (Å²) in [5.41, 5.74) is 14.6. The molecule has 748 valence electrons. The van der Waals surface area contributed by atoms with Gasteiger partial charge in [-0.1, -0.05) is 255 Å². The molecule has 0 unspecified atom stereocenters. The van der Waals surface area contributed by atoms with E-state index in [1.54, 1.807) is 150 Å². The predicted molar refractivity (Wildman–Crippen MR) is 566 cm³/mol. The molecule has 22 heteroatoms. The first kappa shape index (κ1) is 95.8. The van der Waals surface area contributed by atoms with Gasteiger partial charge in [-0.05, 0) is 244 Å². The second-order valence-corrected chi connectivity index (χ2v) is 35.8. The highest BCUT2D eigenvalue weighted by atomic mass is 16.5. The Bertz CT molecular complexity index is 7000. The number of ether oxygens (including phenoxy) is 4. The summed E-state index contributed by atoms with van der Waals surface area (Å²) in [5.74, 6) is -0.914. The molecule has 22 nitrogen and oxygen atoms in total. The summed E-state index contributed by atoms with van der Waals surface area (Å²) in [6.45, 7) is -2.15. The Kier molecular flexibility index (Phi) is 35.2. The Labute approximate surface area is 861 Å². The van der Waals surface area contributed by atoms with E-state index in [1.165, 1.54) is 9.80 Å². The molecule has 12 aromatic carbocycles. The largest absolute Gasteiger partial charge is 0.493 e. The Morgan fingerprint density at radius 1 is 0.288 bits per heavy atom. The maximum atomic E-state index is 13.9. The zero-order valence-corrected chi connectivity index (χ0v) is 81.5. The van der Waals surface area contributed by atoms with Crippen LogP contribution in [0.15, 0.2) is 373 Å². The van der Waals surface area contributed by atoms with Crippen molar-refractivity contribution >= 4 is 47.5 Å². The fourth-order valence-corrected chi connectivity index (χ4v) is 16.5. The van der Waals surface area contributed by atoms with E-state index in [-0.39, 0.29) is 86.7 Å². The van der Waals surface area contributed by atoms with Crippen molar-refractivity contribution in [2.75, 3.05) is 26.4 Å². The monoisotopic (exact) mass is 1960 g/mol. The molecular formula is C124H124N4O18. The van der Waals surface area contributed by atoms with Crippen LogP contribution in [0.4, 0.5) is 0 Å². The van der Waals surface area contributed by atoms with Gasteiger partial charge in [0.25, 0.3) is 23.6 Å². The lowest BCUT2D eigenvalue weighted by atomic mass is 9.94. The minimum atomic E-state index is -2.09. The quantitative estimate of drug-likeness (QED) is 0.0203. The van der Waals surface area contributed by atoms with Gasteiger partial charge in [0, 0.05) is 119 Å². The number of carbonyl (C=O) groups excluding carboxylic acids is 4. The van der Waals surface area contributed by atoms with Crippen LogP contribution in [0.25, 0.3) is 67.2 Å². The SMILES string of the molecule is [2H]C([2H])(c1ccccc1OCC/C=C/CC(=O)O)N(C(=O)c1ccc(-c2ccco2)cc1)C1CC1.[2H]C([2H])(c1ccccc1OCCCCCC(=O)O)N(C(=O)c1ccc(-c2ccccc2-c2ccccc2)cc1)C1CC1.[2H]C1(N(Cc2ccccc2OCC/C=C/CC(=O)O)C(=O)c2ccc(-c3ccco3)cc2)CC1.[2H]C1(N(Cc2ccccc2OCCCCCC(=O)O)C(=O)c2ccc(-c3ccccc3-c3ccccc3)cc2)CC1. The molecule has 0 saturated heterocycles. The molecule has 2 heterocycles. The van der Waals surface area contributed by atoms with Gasteiger partial charge in [-0.2, -0.15) is 0 Å². The van der Waals surface area contributed by atoms with E-state index in [0.29, 0.717) is 141 Å². The molecule has 0 bridgehead atoms. The minimum absolute atomic E-state index is 0.0122. The van der Waals surface area contributed by atoms with E-state index < -0.39 is 48.9 Å². The number of carbonyl (C=O) groups is 8. The van der Waals surface area contributed by atoms with Crippen LogP contribution < -0.4 is 18.9 Å². The Morgan fingerprint density at radius 3 is 0.884 bits per heavy atom. The van der Waals surface area contributed by atoms with E-state index in [0.717, 1.165) is 111 Å². The number of hydrogen-bond donors (Lipinski definition) is 4. The van der Waals surface area contributed by atoms with E-state index >= 15 is 0 Å². The molecule has 4 aliphatic carbocycles. The first-order valence-corrected chi connectivity index (χ1v) is 49.8.